The van der Waals surface area contributed by atoms with Gasteiger partial charge in [-0.2, -0.15) is 5.10 Å². The number of rotatable bonds is 1. The minimum absolute atomic E-state index is 0.0316. The summed E-state index contributed by atoms with van der Waals surface area (Å²) in [4.78, 5) is 10.5. The van der Waals surface area contributed by atoms with Crippen LogP contribution in [0.5, 0.6) is 0 Å². The normalized spacial score (nSPS) is 10.1. The standard InChI is InChI=1S/C6H7ClN2O2/c1-3-4(7)5(6(10)11)9(2)8-3/h1-2H3,(H,10,11). The van der Waals surface area contributed by atoms with Crippen molar-refractivity contribution in [3.05, 3.63) is 16.4 Å². The first-order chi connectivity index (χ1) is 5.04. The largest absolute Gasteiger partial charge is 0.476 e. The van der Waals surface area contributed by atoms with E-state index in [9.17, 15) is 4.79 Å². The van der Waals surface area contributed by atoms with Gasteiger partial charge in [-0.15, -0.1) is 0 Å². The molecule has 0 amide bonds. The highest BCUT2D eigenvalue weighted by Gasteiger charge is 2.16. The van der Waals surface area contributed by atoms with Crippen LogP contribution in [0.2, 0.25) is 5.02 Å². The lowest BCUT2D eigenvalue weighted by atomic mass is 10.4. The molecule has 0 unspecified atom stereocenters. The van der Waals surface area contributed by atoms with Crippen molar-refractivity contribution in [2.75, 3.05) is 0 Å². The van der Waals surface area contributed by atoms with E-state index in [1.54, 1.807) is 14.0 Å². The maximum atomic E-state index is 10.5. The Morgan fingerprint density at radius 1 is 1.73 bits per heavy atom. The molecule has 0 aliphatic carbocycles. The van der Waals surface area contributed by atoms with Gasteiger partial charge in [-0.1, -0.05) is 11.6 Å². The quantitative estimate of drug-likeness (QED) is 0.693. The highest BCUT2D eigenvalue weighted by Crippen LogP contribution is 2.18. The van der Waals surface area contributed by atoms with Crippen LogP contribution in [0, 0.1) is 6.92 Å². The molecule has 1 aromatic rings. The summed E-state index contributed by atoms with van der Waals surface area (Å²) in [6.45, 7) is 1.66. The molecule has 0 saturated carbocycles. The minimum Gasteiger partial charge on any atom is -0.476 e. The van der Waals surface area contributed by atoms with E-state index >= 15 is 0 Å². The summed E-state index contributed by atoms with van der Waals surface area (Å²) in [5, 5.41) is 12.7. The lowest BCUT2D eigenvalue weighted by Crippen LogP contribution is -2.05. The molecule has 1 heterocycles. The first-order valence-electron chi connectivity index (χ1n) is 2.96. The van der Waals surface area contributed by atoms with Crippen LogP contribution in [0.4, 0.5) is 0 Å². The molecule has 0 aliphatic heterocycles. The summed E-state index contributed by atoms with van der Waals surface area (Å²) in [5.74, 6) is -1.06. The zero-order valence-electron chi connectivity index (χ0n) is 6.13. The van der Waals surface area contributed by atoms with Gasteiger partial charge < -0.3 is 5.11 Å². The second kappa shape index (κ2) is 2.54. The number of aromatic nitrogens is 2. The fourth-order valence-electron chi connectivity index (χ4n) is 0.865. The predicted octanol–water partition coefficient (Wildman–Crippen LogP) is 1.08. The number of aromatic carboxylic acids is 1. The number of halogens is 1. The first-order valence-corrected chi connectivity index (χ1v) is 3.34. The maximum absolute atomic E-state index is 10.5. The summed E-state index contributed by atoms with van der Waals surface area (Å²) in [6.07, 6.45) is 0. The van der Waals surface area contributed by atoms with Crippen LogP contribution in [0.1, 0.15) is 16.2 Å². The minimum atomic E-state index is -1.06. The molecule has 11 heavy (non-hydrogen) atoms. The third-order valence-corrected chi connectivity index (χ3v) is 1.80. The van der Waals surface area contributed by atoms with Crippen LogP contribution in [0.25, 0.3) is 0 Å². The number of carbonyl (C=O) groups is 1. The Balaban J connectivity index is 3.34. The molecule has 60 valence electrons. The third-order valence-electron chi connectivity index (χ3n) is 1.35. The fraction of sp³-hybridized carbons (Fsp3) is 0.333. The van der Waals surface area contributed by atoms with Crippen molar-refractivity contribution >= 4 is 17.6 Å². The molecule has 0 fully saturated rings. The Morgan fingerprint density at radius 3 is 2.45 bits per heavy atom. The summed E-state index contributed by atoms with van der Waals surface area (Å²) in [5.41, 5.74) is 0.565. The molecular weight excluding hydrogens is 168 g/mol. The number of aryl methyl sites for hydroxylation is 2. The van der Waals surface area contributed by atoms with E-state index in [-0.39, 0.29) is 10.7 Å². The number of carboxylic acid groups (broad SMARTS) is 1. The Bertz CT molecular complexity index is 306. The number of hydrogen-bond donors (Lipinski definition) is 1. The Morgan fingerprint density at radius 2 is 2.27 bits per heavy atom. The Labute approximate surface area is 68.4 Å². The molecule has 5 heteroatoms. The summed E-state index contributed by atoms with van der Waals surface area (Å²) < 4.78 is 1.25. The van der Waals surface area contributed by atoms with Gasteiger partial charge in [-0.3, -0.25) is 4.68 Å². The van der Waals surface area contributed by atoms with Crippen LogP contribution < -0.4 is 0 Å². The van der Waals surface area contributed by atoms with Crippen molar-refractivity contribution in [1.82, 2.24) is 9.78 Å². The number of hydrogen-bond acceptors (Lipinski definition) is 2. The fourth-order valence-corrected chi connectivity index (χ4v) is 1.11. The van der Waals surface area contributed by atoms with E-state index in [1.165, 1.54) is 4.68 Å². The summed E-state index contributed by atoms with van der Waals surface area (Å²) >= 11 is 5.64. The molecule has 0 atom stereocenters. The molecule has 0 saturated heterocycles. The number of nitrogens with zero attached hydrogens (tertiary/aromatic N) is 2. The van der Waals surface area contributed by atoms with Gasteiger partial charge in [0.2, 0.25) is 0 Å². The highest BCUT2D eigenvalue weighted by atomic mass is 35.5. The Kier molecular flexibility index (Phi) is 1.87. The van der Waals surface area contributed by atoms with Crippen molar-refractivity contribution < 1.29 is 9.90 Å². The molecule has 0 spiro atoms. The van der Waals surface area contributed by atoms with Gasteiger partial charge in [-0.25, -0.2) is 4.79 Å². The molecule has 4 nitrogen and oxygen atoms in total. The van der Waals surface area contributed by atoms with Crippen molar-refractivity contribution in [2.45, 2.75) is 6.92 Å². The van der Waals surface area contributed by atoms with Gasteiger partial charge in [0.05, 0.1) is 10.7 Å². The van der Waals surface area contributed by atoms with Gasteiger partial charge in [0, 0.05) is 7.05 Å². The van der Waals surface area contributed by atoms with E-state index in [0.717, 1.165) is 0 Å². The van der Waals surface area contributed by atoms with Crippen molar-refractivity contribution in [3.8, 4) is 0 Å². The zero-order chi connectivity index (χ0) is 8.59. The molecule has 1 N–H and O–H groups in total. The van der Waals surface area contributed by atoms with E-state index in [2.05, 4.69) is 5.10 Å². The highest BCUT2D eigenvalue weighted by molar-refractivity contribution is 6.33. The van der Waals surface area contributed by atoms with Gasteiger partial charge in [-0.05, 0) is 6.92 Å². The molecule has 0 bridgehead atoms. The van der Waals surface area contributed by atoms with Crippen LogP contribution in [-0.2, 0) is 7.05 Å². The first kappa shape index (κ1) is 8.07. The molecule has 1 aromatic heterocycles. The molecule has 0 aromatic carbocycles. The predicted molar refractivity (Wildman–Crippen MR) is 39.9 cm³/mol. The van der Waals surface area contributed by atoms with Gasteiger partial charge >= 0.3 is 5.97 Å². The van der Waals surface area contributed by atoms with Crippen LogP contribution >= 0.6 is 11.6 Å². The van der Waals surface area contributed by atoms with E-state index in [0.29, 0.717) is 5.69 Å². The molecule has 0 aliphatic rings. The smallest absolute Gasteiger partial charge is 0.355 e. The van der Waals surface area contributed by atoms with Crippen LogP contribution in [0.15, 0.2) is 0 Å². The SMILES string of the molecule is Cc1nn(C)c(C(=O)O)c1Cl. The molecule has 0 radical (unpaired) electrons. The van der Waals surface area contributed by atoms with Crippen molar-refractivity contribution in [2.24, 2.45) is 7.05 Å². The van der Waals surface area contributed by atoms with Gasteiger partial charge in [0.1, 0.15) is 0 Å². The van der Waals surface area contributed by atoms with E-state index in [4.69, 9.17) is 16.7 Å². The van der Waals surface area contributed by atoms with Crippen LogP contribution in [-0.4, -0.2) is 20.9 Å². The van der Waals surface area contributed by atoms with Crippen molar-refractivity contribution in [1.29, 1.82) is 0 Å². The van der Waals surface area contributed by atoms with Gasteiger partial charge in [0.15, 0.2) is 5.69 Å². The maximum Gasteiger partial charge on any atom is 0.355 e. The average Bonchev–Trinajstić information content (AvgIpc) is 2.07. The van der Waals surface area contributed by atoms with E-state index in [1.807, 2.05) is 0 Å². The summed E-state index contributed by atoms with van der Waals surface area (Å²) in [6, 6.07) is 0. The molecule has 1 rings (SSSR count). The van der Waals surface area contributed by atoms with E-state index < -0.39 is 5.97 Å². The topological polar surface area (TPSA) is 55.1 Å². The zero-order valence-corrected chi connectivity index (χ0v) is 6.88. The van der Waals surface area contributed by atoms with Crippen molar-refractivity contribution in [3.63, 3.8) is 0 Å². The second-order valence-corrected chi connectivity index (χ2v) is 2.55. The number of carboxylic acids is 1. The lowest BCUT2D eigenvalue weighted by molar-refractivity contribution is 0.0685. The second-order valence-electron chi connectivity index (χ2n) is 2.18. The lowest BCUT2D eigenvalue weighted by Gasteiger charge is -1.92. The van der Waals surface area contributed by atoms with Gasteiger partial charge in [0.25, 0.3) is 0 Å². The molecular formula is C6H7ClN2O2. The van der Waals surface area contributed by atoms with Crippen LogP contribution in [0.3, 0.4) is 0 Å². The average molecular weight is 175 g/mol. The Hall–Kier alpha value is -1.03. The third kappa shape index (κ3) is 1.21. The monoisotopic (exact) mass is 174 g/mol. The summed E-state index contributed by atoms with van der Waals surface area (Å²) in [7, 11) is 1.54.